The van der Waals surface area contributed by atoms with Gasteiger partial charge in [0.25, 0.3) is 0 Å². The predicted molar refractivity (Wildman–Crippen MR) is 61.9 cm³/mol. The van der Waals surface area contributed by atoms with Gasteiger partial charge in [0.15, 0.2) is 0 Å². The summed E-state index contributed by atoms with van der Waals surface area (Å²) in [6, 6.07) is 10.0. The second kappa shape index (κ2) is 4.71. The van der Waals surface area contributed by atoms with Crippen molar-refractivity contribution in [2.24, 2.45) is 0 Å². The third-order valence-electron chi connectivity index (χ3n) is 2.37. The van der Waals surface area contributed by atoms with E-state index in [0.29, 0.717) is 12.2 Å². The SMILES string of the molecule is Cc1ccc(CNc2cccc(F)c2C#N)o1. The Bertz CT molecular complexity index is 569. The smallest absolute Gasteiger partial charge is 0.143 e. The minimum absolute atomic E-state index is 0.0239. The van der Waals surface area contributed by atoms with E-state index in [4.69, 9.17) is 9.68 Å². The van der Waals surface area contributed by atoms with Crippen LogP contribution in [0.15, 0.2) is 34.7 Å². The Labute approximate surface area is 98.5 Å². The maximum Gasteiger partial charge on any atom is 0.143 e. The summed E-state index contributed by atoms with van der Waals surface area (Å²) in [5.74, 6) is 1.05. The molecule has 1 N–H and O–H groups in total. The zero-order valence-electron chi connectivity index (χ0n) is 9.33. The molecule has 0 aliphatic rings. The van der Waals surface area contributed by atoms with Crippen molar-refractivity contribution in [3.8, 4) is 6.07 Å². The Hall–Kier alpha value is -2.28. The highest BCUT2D eigenvalue weighted by Gasteiger charge is 2.07. The van der Waals surface area contributed by atoms with Crippen LogP contribution in [0, 0.1) is 24.1 Å². The third-order valence-corrected chi connectivity index (χ3v) is 2.37. The number of nitriles is 1. The Morgan fingerprint density at radius 2 is 2.18 bits per heavy atom. The van der Waals surface area contributed by atoms with E-state index in [2.05, 4.69) is 5.32 Å². The zero-order valence-corrected chi connectivity index (χ0v) is 9.33. The van der Waals surface area contributed by atoms with E-state index in [1.165, 1.54) is 6.07 Å². The molecule has 0 radical (unpaired) electrons. The van der Waals surface area contributed by atoms with Crippen LogP contribution >= 0.6 is 0 Å². The molecule has 0 spiro atoms. The van der Waals surface area contributed by atoms with E-state index in [0.717, 1.165) is 11.5 Å². The molecule has 86 valence electrons. The van der Waals surface area contributed by atoms with Crippen LogP contribution in [0.3, 0.4) is 0 Å². The fourth-order valence-electron chi connectivity index (χ4n) is 1.55. The first-order valence-corrected chi connectivity index (χ1v) is 5.18. The lowest BCUT2D eigenvalue weighted by Gasteiger charge is -2.06. The molecule has 0 fully saturated rings. The lowest BCUT2D eigenvalue weighted by Crippen LogP contribution is -2.01. The summed E-state index contributed by atoms with van der Waals surface area (Å²) in [7, 11) is 0. The van der Waals surface area contributed by atoms with Gasteiger partial charge >= 0.3 is 0 Å². The van der Waals surface area contributed by atoms with Crippen LogP contribution in [0.2, 0.25) is 0 Å². The molecule has 0 atom stereocenters. The van der Waals surface area contributed by atoms with Gasteiger partial charge < -0.3 is 9.73 Å². The number of halogens is 1. The van der Waals surface area contributed by atoms with Gasteiger partial charge in [-0.1, -0.05) is 6.07 Å². The van der Waals surface area contributed by atoms with Crippen molar-refractivity contribution >= 4 is 5.69 Å². The number of hydrogen-bond donors (Lipinski definition) is 1. The predicted octanol–water partition coefficient (Wildman–Crippen LogP) is 3.21. The third kappa shape index (κ3) is 2.45. The van der Waals surface area contributed by atoms with Crippen molar-refractivity contribution < 1.29 is 8.81 Å². The van der Waals surface area contributed by atoms with Crippen LogP contribution in [0.5, 0.6) is 0 Å². The molecule has 0 aliphatic heterocycles. The number of nitrogens with one attached hydrogen (secondary N) is 1. The largest absolute Gasteiger partial charge is 0.465 e. The molecule has 1 aromatic carbocycles. The number of hydrogen-bond acceptors (Lipinski definition) is 3. The quantitative estimate of drug-likeness (QED) is 0.880. The van der Waals surface area contributed by atoms with Crippen LogP contribution in [0.1, 0.15) is 17.1 Å². The van der Waals surface area contributed by atoms with Gasteiger partial charge in [-0.3, -0.25) is 0 Å². The normalized spacial score (nSPS) is 9.94. The molecule has 17 heavy (non-hydrogen) atoms. The van der Waals surface area contributed by atoms with Crippen molar-refractivity contribution in [1.82, 2.24) is 0 Å². The lowest BCUT2D eigenvalue weighted by atomic mass is 10.2. The number of aryl methyl sites for hydroxylation is 1. The van der Waals surface area contributed by atoms with Crippen molar-refractivity contribution in [2.45, 2.75) is 13.5 Å². The lowest BCUT2D eigenvalue weighted by molar-refractivity contribution is 0.490. The molecule has 0 unspecified atom stereocenters. The Morgan fingerprint density at radius 1 is 1.35 bits per heavy atom. The maximum absolute atomic E-state index is 13.3. The van der Waals surface area contributed by atoms with Crippen LogP contribution in [0.25, 0.3) is 0 Å². The minimum Gasteiger partial charge on any atom is -0.465 e. The fourth-order valence-corrected chi connectivity index (χ4v) is 1.55. The first kappa shape index (κ1) is 11.2. The summed E-state index contributed by atoms with van der Waals surface area (Å²) < 4.78 is 18.7. The topological polar surface area (TPSA) is 49.0 Å². The molecule has 1 aromatic heterocycles. The monoisotopic (exact) mass is 230 g/mol. The van der Waals surface area contributed by atoms with Gasteiger partial charge in [-0.05, 0) is 31.2 Å². The fraction of sp³-hybridized carbons (Fsp3) is 0.154. The van der Waals surface area contributed by atoms with Gasteiger partial charge in [0, 0.05) is 0 Å². The van der Waals surface area contributed by atoms with Gasteiger partial charge in [0.05, 0.1) is 12.2 Å². The van der Waals surface area contributed by atoms with Crippen LogP contribution < -0.4 is 5.32 Å². The molecule has 2 rings (SSSR count). The average Bonchev–Trinajstić information content (AvgIpc) is 2.72. The summed E-state index contributed by atoms with van der Waals surface area (Å²) in [4.78, 5) is 0. The highest BCUT2D eigenvalue weighted by molar-refractivity contribution is 5.57. The van der Waals surface area contributed by atoms with Gasteiger partial charge in [-0.2, -0.15) is 5.26 Å². The highest BCUT2D eigenvalue weighted by atomic mass is 19.1. The van der Waals surface area contributed by atoms with Gasteiger partial charge in [-0.25, -0.2) is 4.39 Å². The number of benzene rings is 1. The molecule has 0 saturated carbocycles. The minimum atomic E-state index is -0.520. The molecule has 0 bridgehead atoms. The summed E-state index contributed by atoms with van der Waals surface area (Å²) in [5.41, 5.74) is 0.498. The molecule has 2 aromatic rings. The van der Waals surface area contributed by atoms with Gasteiger partial charge in [0.1, 0.15) is 29.0 Å². The van der Waals surface area contributed by atoms with E-state index < -0.39 is 5.82 Å². The highest BCUT2D eigenvalue weighted by Crippen LogP contribution is 2.19. The van der Waals surface area contributed by atoms with Crippen molar-refractivity contribution in [2.75, 3.05) is 5.32 Å². The second-order valence-electron chi connectivity index (χ2n) is 3.64. The second-order valence-corrected chi connectivity index (χ2v) is 3.64. The van der Waals surface area contributed by atoms with Crippen molar-refractivity contribution in [3.63, 3.8) is 0 Å². The number of furan rings is 1. The molecule has 1 heterocycles. The van der Waals surface area contributed by atoms with E-state index in [1.54, 1.807) is 12.1 Å². The van der Waals surface area contributed by atoms with Crippen molar-refractivity contribution in [3.05, 3.63) is 53.2 Å². The van der Waals surface area contributed by atoms with Crippen molar-refractivity contribution in [1.29, 1.82) is 5.26 Å². The summed E-state index contributed by atoms with van der Waals surface area (Å²) in [6.07, 6.45) is 0. The van der Waals surface area contributed by atoms with Crippen LogP contribution in [-0.4, -0.2) is 0 Å². The molecule has 0 aliphatic carbocycles. The molecular formula is C13H11FN2O. The Balaban J connectivity index is 2.14. The molecule has 0 amide bonds. The molecular weight excluding hydrogens is 219 g/mol. The van der Waals surface area contributed by atoms with E-state index in [-0.39, 0.29) is 5.56 Å². The average molecular weight is 230 g/mol. The van der Waals surface area contributed by atoms with Gasteiger partial charge in [0.2, 0.25) is 0 Å². The zero-order chi connectivity index (χ0) is 12.3. The number of nitrogens with zero attached hydrogens (tertiary/aromatic N) is 1. The Kier molecular flexibility index (Phi) is 3.10. The number of rotatable bonds is 3. The molecule has 0 saturated heterocycles. The van der Waals surface area contributed by atoms with Crippen LogP contribution in [0.4, 0.5) is 10.1 Å². The first-order chi connectivity index (χ1) is 8.20. The van der Waals surface area contributed by atoms with E-state index in [9.17, 15) is 4.39 Å². The summed E-state index contributed by atoms with van der Waals surface area (Å²) >= 11 is 0. The summed E-state index contributed by atoms with van der Waals surface area (Å²) in [6.45, 7) is 2.28. The molecule has 4 heteroatoms. The van der Waals surface area contributed by atoms with E-state index >= 15 is 0 Å². The number of anilines is 1. The van der Waals surface area contributed by atoms with Gasteiger partial charge in [-0.15, -0.1) is 0 Å². The van der Waals surface area contributed by atoms with Crippen LogP contribution in [-0.2, 0) is 6.54 Å². The van der Waals surface area contributed by atoms with E-state index in [1.807, 2.05) is 25.1 Å². The summed E-state index contributed by atoms with van der Waals surface area (Å²) in [5, 5.41) is 11.8. The first-order valence-electron chi connectivity index (χ1n) is 5.18. The molecule has 3 nitrogen and oxygen atoms in total. The Morgan fingerprint density at radius 3 is 2.82 bits per heavy atom. The maximum atomic E-state index is 13.3. The standard InChI is InChI=1S/C13H11FN2O/c1-9-5-6-10(17-9)8-16-13-4-2-3-12(14)11(13)7-15/h2-6,16H,8H2,1H3.